The second kappa shape index (κ2) is 2.64. The minimum Gasteiger partial charge on any atom is -0.236 e. The molecule has 0 saturated heterocycles. The first-order chi connectivity index (χ1) is 5.79. The molecule has 0 radical (unpaired) electrons. The van der Waals surface area contributed by atoms with Crippen molar-refractivity contribution in [2.75, 3.05) is 0 Å². The summed E-state index contributed by atoms with van der Waals surface area (Å²) < 4.78 is 13.0. The molecule has 12 heavy (non-hydrogen) atoms. The molecule has 60 valence electrons. The summed E-state index contributed by atoms with van der Waals surface area (Å²) in [6.45, 7) is 0. The molecule has 0 bridgehead atoms. The molecular weight excluding hydrogens is 181 g/mol. The van der Waals surface area contributed by atoms with Gasteiger partial charge >= 0.3 is 0 Å². The summed E-state index contributed by atoms with van der Waals surface area (Å²) in [5.41, 5.74) is 0.273. The first-order valence-electron chi connectivity index (χ1n) is 3.20. The van der Waals surface area contributed by atoms with Crippen LogP contribution in [0, 0.1) is 5.82 Å². The van der Waals surface area contributed by atoms with Crippen molar-refractivity contribution in [3.05, 3.63) is 29.6 Å². The Labute approximate surface area is 72.2 Å². The van der Waals surface area contributed by atoms with Crippen molar-refractivity contribution in [2.45, 2.75) is 0 Å². The number of halogens is 2. The van der Waals surface area contributed by atoms with E-state index in [1.807, 2.05) is 0 Å². The van der Waals surface area contributed by atoms with Crippen LogP contribution < -0.4 is 0 Å². The molecule has 0 saturated carbocycles. The number of hydrogen-bond donors (Lipinski definition) is 0. The van der Waals surface area contributed by atoms with Gasteiger partial charge in [0.2, 0.25) is 0 Å². The van der Waals surface area contributed by atoms with Gasteiger partial charge in [-0.1, -0.05) is 11.6 Å². The van der Waals surface area contributed by atoms with Crippen molar-refractivity contribution >= 4 is 22.6 Å². The van der Waals surface area contributed by atoms with E-state index >= 15 is 0 Å². The third-order valence-corrected chi connectivity index (χ3v) is 1.72. The molecular formula is C7H3ClFN3. The third-order valence-electron chi connectivity index (χ3n) is 1.44. The number of rotatable bonds is 0. The van der Waals surface area contributed by atoms with Crippen molar-refractivity contribution in [1.29, 1.82) is 0 Å². The first kappa shape index (κ1) is 7.36. The van der Waals surface area contributed by atoms with Gasteiger partial charge in [0.25, 0.3) is 0 Å². The lowest BCUT2D eigenvalue weighted by atomic mass is 10.3. The number of pyridine rings is 1. The van der Waals surface area contributed by atoms with Crippen LogP contribution in [0.2, 0.25) is 5.15 Å². The molecule has 0 fully saturated rings. The van der Waals surface area contributed by atoms with Gasteiger partial charge in [0.1, 0.15) is 17.3 Å². The van der Waals surface area contributed by atoms with Gasteiger partial charge in [0, 0.05) is 6.20 Å². The molecule has 0 amide bonds. The van der Waals surface area contributed by atoms with Crippen molar-refractivity contribution in [1.82, 2.24) is 15.0 Å². The van der Waals surface area contributed by atoms with E-state index in [2.05, 4.69) is 15.0 Å². The fourth-order valence-corrected chi connectivity index (χ4v) is 1.13. The van der Waals surface area contributed by atoms with Gasteiger partial charge in [0.05, 0.1) is 5.39 Å². The Morgan fingerprint density at radius 2 is 2.08 bits per heavy atom. The van der Waals surface area contributed by atoms with Crippen molar-refractivity contribution in [3.8, 4) is 0 Å². The van der Waals surface area contributed by atoms with Crippen LogP contribution in [0.1, 0.15) is 0 Å². The minimum atomic E-state index is -0.453. The summed E-state index contributed by atoms with van der Waals surface area (Å²) >= 11 is 5.63. The zero-order valence-electron chi connectivity index (χ0n) is 5.83. The highest BCUT2D eigenvalue weighted by molar-refractivity contribution is 6.33. The largest absolute Gasteiger partial charge is 0.236 e. The average Bonchev–Trinajstić information content (AvgIpc) is 2.04. The summed E-state index contributed by atoms with van der Waals surface area (Å²) in [6, 6.07) is 1.22. The smallest absolute Gasteiger partial charge is 0.167 e. The van der Waals surface area contributed by atoms with E-state index in [0.717, 1.165) is 0 Å². The molecule has 2 heterocycles. The van der Waals surface area contributed by atoms with E-state index in [1.165, 1.54) is 18.6 Å². The van der Waals surface area contributed by atoms with E-state index in [0.29, 0.717) is 0 Å². The fraction of sp³-hybridized carbons (Fsp3) is 0. The average molecular weight is 184 g/mol. The van der Waals surface area contributed by atoms with Crippen molar-refractivity contribution in [2.24, 2.45) is 0 Å². The van der Waals surface area contributed by atoms with E-state index < -0.39 is 5.82 Å². The quantitative estimate of drug-likeness (QED) is 0.585. The van der Waals surface area contributed by atoms with Gasteiger partial charge in [-0.05, 0) is 6.07 Å². The Morgan fingerprint density at radius 3 is 2.83 bits per heavy atom. The molecule has 2 rings (SSSR count). The highest BCUT2D eigenvalue weighted by atomic mass is 35.5. The van der Waals surface area contributed by atoms with Crippen LogP contribution in [0.5, 0.6) is 0 Å². The number of aromatic nitrogens is 3. The van der Waals surface area contributed by atoms with Gasteiger partial charge in [-0.25, -0.2) is 19.3 Å². The maximum Gasteiger partial charge on any atom is 0.167 e. The van der Waals surface area contributed by atoms with Crippen LogP contribution in [-0.4, -0.2) is 15.0 Å². The Kier molecular flexibility index (Phi) is 1.62. The van der Waals surface area contributed by atoms with Gasteiger partial charge < -0.3 is 0 Å². The van der Waals surface area contributed by atoms with E-state index in [4.69, 9.17) is 11.6 Å². The van der Waals surface area contributed by atoms with Crippen LogP contribution in [0.15, 0.2) is 18.6 Å². The summed E-state index contributed by atoms with van der Waals surface area (Å²) in [6.07, 6.45) is 2.58. The summed E-state index contributed by atoms with van der Waals surface area (Å²) in [5.74, 6) is -0.453. The number of hydrogen-bond acceptors (Lipinski definition) is 3. The molecule has 0 N–H and O–H groups in total. The minimum absolute atomic E-state index is 0.0885. The van der Waals surface area contributed by atoms with Crippen LogP contribution in [0.25, 0.3) is 11.0 Å². The molecule has 0 spiro atoms. The highest BCUT2D eigenvalue weighted by Crippen LogP contribution is 2.19. The van der Waals surface area contributed by atoms with Crippen LogP contribution in [-0.2, 0) is 0 Å². The molecule has 0 aliphatic carbocycles. The maximum atomic E-state index is 13.0. The van der Waals surface area contributed by atoms with Gasteiger partial charge in [-0.2, -0.15) is 0 Å². The van der Waals surface area contributed by atoms with E-state index in [-0.39, 0.29) is 16.2 Å². The van der Waals surface area contributed by atoms with Gasteiger partial charge in [-0.3, -0.25) is 0 Å². The topological polar surface area (TPSA) is 38.7 Å². The molecule has 0 aromatic carbocycles. The van der Waals surface area contributed by atoms with E-state index in [9.17, 15) is 4.39 Å². The Morgan fingerprint density at radius 1 is 1.25 bits per heavy atom. The SMILES string of the molecule is Fc1ccnc2ncnc(Cl)c12. The second-order valence-electron chi connectivity index (χ2n) is 2.16. The monoisotopic (exact) mass is 183 g/mol. The summed E-state index contributed by atoms with van der Waals surface area (Å²) in [4.78, 5) is 11.2. The lowest BCUT2D eigenvalue weighted by Crippen LogP contribution is -1.89. The maximum absolute atomic E-state index is 13.0. The molecule has 3 nitrogen and oxygen atoms in total. The van der Waals surface area contributed by atoms with Crippen LogP contribution >= 0.6 is 11.6 Å². The molecule has 2 aromatic heterocycles. The zero-order valence-corrected chi connectivity index (χ0v) is 6.59. The molecule has 0 aliphatic heterocycles. The standard InChI is InChI=1S/C7H3ClFN3/c8-6-5-4(9)1-2-10-7(5)12-3-11-6/h1-3H. The highest BCUT2D eigenvalue weighted by Gasteiger charge is 2.06. The van der Waals surface area contributed by atoms with Crippen LogP contribution in [0.3, 0.4) is 0 Å². The van der Waals surface area contributed by atoms with Gasteiger partial charge in [-0.15, -0.1) is 0 Å². The molecule has 0 unspecified atom stereocenters. The first-order valence-corrected chi connectivity index (χ1v) is 3.57. The predicted molar refractivity (Wildman–Crippen MR) is 42.3 cm³/mol. The lowest BCUT2D eigenvalue weighted by Gasteiger charge is -1.97. The summed E-state index contributed by atoms with van der Waals surface area (Å²) in [5, 5.41) is 0.257. The third kappa shape index (κ3) is 1.00. The number of nitrogens with zero attached hydrogens (tertiary/aromatic N) is 3. The van der Waals surface area contributed by atoms with Crippen molar-refractivity contribution < 1.29 is 4.39 Å². The Hall–Kier alpha value is -1.29. The fourth-order valence-electron chi connectivity index (χ4n) is 0.915. The lowest BCUT2D eigenvalue weighted by molar-refractivity contribution is 0.637. The number of fused-ring (bicyclic) bond motifs is 1. The van der Waals surface area contributed by atoms with Gasteiger partial charge in [0.15, 0.2) is 5.65 Å². The predicted octanol–water partition coefficient (Wildman–Crippen LogP) is 1.82. The summed E-state index contributed by atoms with van der Waals surface area (Å²) in [7, 11) is 0. The van der Waals surface area contributed by atoms with Crippen LogP contribution in [0.4, 0.5) is 4.39 Å². The molecule has 2 aromatic rings. The normalized spacial score (nSPS) is 10.5. The Bertz CT molecular complexity index is 395. The second-order valence-corrected chi connectivity index (χ2v) is 2.51. The van der Waals surface area contributed by atoms with Crippen molar-refractivity contribution in [3.63, 3.8) is 0 Å². The van der Waals surface area contributed by atoms with E-state index in [1.54, 1.807) is 0 Å². The molecule has 5 heteroatoms. The molecule has 0 aliphatic rings. The Balaban J connectivity index is 2.96. The molecule has 0 atom stereocenters. The zero-order chi connectivity index (χ0) is 8.55.